The van der Waals surface area contributed by atoms with Crippen LogP contribution < -0.4 is 10.8 Å². The van der Waals surface area contributed by atoms with E-state index in [4.69, 9.17) is 19.4 Å². The minimum Gasteiger partial charge on any atom is -0.399 e. The van der Waals surface area contributed by atoms with Gasteiger partial charge in [-0.25, -0.2) is 5.06 Å². The van der Waals surface area contributed by atoms with Crippen molar-refractivity contribution in [2.75, 3.05) is 22.3 Å². The lowest BCUT2D eigenvalue weighted by Gasteiger charge is -2.30. The molecule has 15 heteroatoms. The first-order chi connectivity index (χ1) is 11.7. The number of hydroxylamine groups is 1. The average molecular weight is 434 g/mol. The second-order valence-corrected chi connectivity index (χ2v) is 9.37. The van der Waals surface area contributed by atoms with Crippen LogP contribution in [0.3, 0.4) is 0 Å². The van der Waals surface area contributed by atoms with Crippen LogP contribution in [0.15, 0.2) is 24.3 Å². The molecule has 0 fully saturated rings. The lowest BCUT2D eigenvalue weighted by Crippen LogP contribution is -2.39. The summed E-state index contributed by atoms with van der Waals surface area (Å²) in [6.45, 7) is 0. The average Bonchev–Trinajstić information content (AvgIpc) is 2.43. The van der Waals surface area contributed by atoms with Crippen molar-refractivity contribution in [2.45, 2.75) is 18.9 Å². The van der Waals surface area contributed by atoms with E-state index in [1.54, 1.807) is 0 Å². The largest absolute Gasteiger partial charge is 0.418 e. The van der Waals surface area contributed by atoms with Crippen LogP contribution in [0.25, 0.3) is 0 Å². The van der Waals surface area contributed by atoms with Crippen molar-refractivity contribution in [3.05, 3.63) is 24.3 Å². The van der Waals surface area contributed by atoms with Crippen LogP contribution in [-0.2, 0) is 34.9 Å². The van der Waals surface area contributed by atoms with E-state index in [0.29, 0.717) is 10.8 Å². The highest BCUT2D eigenvalue weighted by Crippen LogP contribution is 2.24. The minimum absolute atomic E-state index is 0.00694. The maximum absolute atomic E-state index is 11.1. The van der Waals surface area contributed by atoms with Crippen molar-refractivity contribution in [1.82, 2.24) is 0 Å². The Labute approximate surface area is 151 Å². The van der Waals surface area contributed by atoms with Crippen molar-refractivity contribution in [2.24, 2.45) is 0 Å². The van der Waals surface area contributed by atoms with Gasteiger partial charge in [0.2, 0.25) is 0 Å². The van der Waals surface area contributed by atoms with Gasteiger partial charge in [-0.05, 0) is 37.1 Å². The standard InChI is InChI=1S/C11H18N2O10S3/c12-9-1-3-10(4-2-9)13(23-26(20,21)22)11(5-7-24(14,15)16)6-8-25(17,18)19/h1-4,11H,5-8,12H2,(H,14,15,16)(H,17,18,19)(H,20,21,22). The summed E-state index contributed by atoms with van der Waals surface area (Å²) in [7, 11) is -14.0. The van der Waals surface area contributed by atoms with Gasteiger partial charge in [0.25, 0.3) is 20.2 Å². The van der Waals surface area contributed by atoms with Gasteiger partial charge in [0.05, 0.1) is 23.2 Å². The van der Waals surface area contributed by atoms with Crippen LogP contribution >= 0.6 is 0 Å². The molecule has 0 aromatic heterocycles. The molecule has 0 spiro atoms. The highest BCUT2D eigenvalue weighted by molar-refractivity contribution is 7.86. The fraction of sp³-hybridized carbons (Fsp3) is 0.455. The normalized spacial score (nSPS) is 13.1. The van der Waals surface area contributed by atoms with E-state index in [2.05, 4.69) is 4.28 Å². The fourth-order valence-electron chi connectivity index (χ4n) is 1.99. The summed E-state index contributed by atoms with van der Waals surface area (Å²) in [6, 6.07) is 3.96. The van der Waals surface area contributed by atoms with Gasteiger partial charge in [-0.3, -0.25) is 13.7 Å². The molecule has 0 heterocycles. The molecule has 150 valence electrons. The quantitative estimate of drug-likeness (QED) is 0.214. The Morgan fingerprint density at radius 1 is 0.885 bits per heavy atom. The Morgan fingerprint density at radius 2 is 1.31 bits per heavy atom. The molecule has 0 saturated carbocycles. The molecule has 26 heavy (non-hydrogen) atoms. The van der Waals surface area contributed by atoms with Crippen molar-refractivity contribution in [3.63, 3.8) is 0 Å². The van der Waals surface area contributed by atoms with Crippen LogP contribution in [0.2, 0.25) is 0 Å². The van der Waals surface area contributed by atoms with E-state index in [1.165, 1.54) is 24.3 Å². The van der Waals surface area contributed by atoms with Gasteiger partial charge >= 0.3 is 10.4 Å². The Bertz CT molecular complexity index is 873. The van der Waals surface area contributed by atoms with Gasteiger partial charge < -0.3 is 5.73 Å². The number of nitrogen functional groups attached to an aromatic ring is 1. The smallest absolute Gasteiger partial charge is 0.399 e. The van der Waals surface area contributed by atoms with Crippen LogP contribution in [-0.4, -0.2) is 56.5 Å². The van der Waals surface area contributed by atoms with Crippen LogP contribution in [0, 0.1) is 0 Å². The number of nitrogens with zero attached hydrogens (tertiary/aromatic N) is 1. The third-order valence-electron chi connectivity index (χ3n) is 3.07. The highest BCUT2D eigenvalue weighted by Gasteiger charge is 2.27. The molecular weight excluding hydrogens is 416 g/mol. The molecule has 0 aliphatic carbocycles. The molecule has 0 bridgehead atoms. The molecule has 0 saturated heterocycles. The highest BCUT2D eigenvalue weighted by atomic mass is 32.3. The third kappa shape index (κ3) is 9.27. The topological polar surface area (TPSA) is 202 Å². The predicted molar refractivity (Wildman–Crippen MR) is 91.8 cm³/mol. The summed E-state index contributed by atoms with van der Waals surface area (Å²) >= 11 is 0. The summed E-state index contributed by atoms with van der Waals surface area (Å²) in [4.78, 5) is 0. The fourth-order valence-corrected chi connectivity index (χ4v) is 3.54. The first-order valence-electron chi connectivity index (χ1n) is 6.88. The number of nitrogens with two attached hydrogens (primary N) is 1. The van der Waals surface area contributed by atoms with Crippen LogP contribution in [0.4, 0.5) is 11.4 Å². The lowest BCUT2D eigenvalue weighted by molar-refractivity contribution is 0.208. The minimum atomic E-state index is -5.06. The number of hydrogen-bond acceptors (Lipinski definition) is 9. The zero-order valence-corrected chi connectivity index (χ0v) is 15.6. The van der Waals surface area contributed by atoms with Crippen LogP contribution in [0.1, 0.15) is 12.8 Å². The number of anilines is 2. The first-order valence-corrected chi connectivity index (χ1v) is 11.5. The Morgan fingerprint density at radius 3 is 1.65 bits per heavy atom. The maximum atomic E-state index is 11.1. The Hall–Kier alpha value is -1.49. The molecule has 0 amide bonds. The summed E-state index contributed by atoms with van der Waals surface area (Å²) in [5.74, 6) is -1.72. The number of hydrogen-bond donors (Lipinski definition) is 4. The summed E-state index contributed by atoms with van der Waals surface area (Å²) in [5, 5.41) is 0.561. The van der Waals surface area contributed by atoms with Gasteiger partial charge in [0.1, 0.15) is 0 Å². The van der Waals surface area contributed by atoms with E-state index in [9.17, 15) is 25.3 Å². The molecule has 1 rings (SSSR count). The van der Waals surface area contributed by atoms with E-state index in [-0.39, 0.29) is 5.69 Å². The van der Waals surface area contributed by atoms with E-state index < -0.39 is 61.0 Å². The predicted octanol–water partition coefficient (Wildman–Crippen LogP) is -0.266. The van der Waals surface area contributed by atoms with Crippen molar-refractivity contribution >= 4 is 42.0 Å². The molecule has 0 unspecified atom stereocenters. The van der Waals surface area contributed by atoms with E-state index in [0.717, 1.165) is 0 Å². The molecule has 5 N–H and O–H groups in total. The lowest BCUT2D eigenvalue weighted by atomic mass is 10.1. The van der Waals surface area contributed by atoms with E-state index >= 15 is 0 Å². The molecule has 1 aromatic rings. The van der Waals surface area contributed by atoms with Crippen molar-refractivity contribution in [1.29, 1.82) is 0 Å². The Balaban J connectivity index is 3.25. The van der Waals surface area contributed by atoms with Gasteiger partial charge in [-0.1, -0.05) is 0 Å². The Kier molecular flexibility index (Phi) is 7.34. The molecule has 0 radical (unpaired) electrons. The number of benzene rings is 1. The summed E-state index contributed by atoms with van der Waals surface area (Å²) < 4.78 is 97.3. The zero-order valence-electron chi connectivity index (χ0n) is 13.2. The molecular formula is C11H18N2O10S3. The third-order valence-corrected chi connectivity index (χ3v) is 4.92. The van der Waals surface area contributed by atoms with Gasteiger partial charge in [-0.2, -0.15) is 25.3 Å². The summed E-state index contributed by atoms with van der Waals surface area (Å²) in [6.07, 6.45) is -0.956. The van der Waals surface area contributed by atoms with Gasteiger partial charge in [0.15, 0.2) is 0 Å². The van der Waals surface area contributed by atoms with Crippen molar-refractivity contribution < 1.29 is 43.2 Å². The molecule has 0 aliphatic heterocycles. The van der Waals surface area contributed by atoms with Crippen molar-refractivity contribution in [3.8, 4) is 0 Å². The molecule has 12 nitrogen and oxygen atoms in total. The SMILES string of the molecule is Nc1ccc(N(OS(=O)(=O)O)C(CCS(=O)(=O)O)CCS(=O)(=O)O)cc1. The zero-order chi connectivity index (χ0) is 20.2. The second-order valence-electron chi connectivity index (χ2n) is 5.22. The maximum Gasteiger partial charge on any atom is 0.418 e. The molecule has 0 atom stereocenters. The van der Waals surface area contributed by atoms with Gasteiger partial charge in [-0.15, -0.1) is 4.28 Å². The second kappa shape index (κ2) is 8.47. The van der Waals surface area contributed by atoms with Crippen LogP contribution in [0.5, 0.6) is 0 Å². The first kappa shape index (κ1) is 22.6. The van der Waals surface area contributed by atoms with E-state index in [1.807, 2.05) is 0 Å². The molecule has 1 aromatic carbocycles. The molecule has 0 aliphatic rings. The monoisotopic (exact) mass is 434 g/mol. The summed E-state index contributed by atoms with van der Waals surface area (Å²) in [5.41, 5.74) is 5.80. The number of rotatable bonds is 10. The van der Waals surface area contributed by atoms with Gasteiger partial charge in [0, 0.05) is 5.69 Å².